The number of aromatic nitrogens is 4. The van der Waals surface area contributed by atoms with Crippen LogP contribution in [0.2, 0.25) is 0 Å². The second kappa shape index (κ2) is 12.8. The highest BCUT2D eigenvalue weighted by molar-refractivity contribution is 7.52. The van der Waals surface area contributed by atoms with Gasteiger partial charge in [0.1, 0.15) is 35.1 Å². The first kappa shape index (κ1) is 33.4. The van der Waals surface area contributed by atoms with Crippen LogP contribution < -0.4 is 25.3 Å². The number of carbonyl (C=O) groups excluding carboxylic acids is 1. The van der Waals surface area contributed by atoms with Crippen molar-refractivity contribution in [1.29, 1.82) is 0 Å². The van der Waals surface area contributed by atoms with Gasteiger partial charge in [0.25, 0.3) is 0 Å². The van der Waals surface area contributed by atoms with Crippen molar-refractivity contribution in [1.82, 2.24) is 30.0 Å². The number of aliphatic hydroxyl groups is 1. The largest absolute Gasteiger partial charge is 0.777 e. The van der Waals surface area contributed by atoms with Crippen molar-refractivity contribution in [2.24, 2.45) is 0 Å². The first-order valence-corrected chi connectivity index (χ1v) is 15.3. The molecule has 2 aromatic rings. The molecule has 1 aliphatic heterocycles. The summed E-state index contributed by atoms with van der Waals surface area (Å²) in [5.74, 6) is -1.99. The Labute approximate surface area is 255 Å². The zero-order chi connectivity index (χ0) is 32.3. The van der Waals surface area contributed by atoms with Gasteiger partial charge in [0.15, 0.2) is 13.3 Å². The molecule has 6 N–H and O–H groups in total. The van der Waals surface area contributed by atoms with E-state index in [0.29, 0.717) is 30.3 Å². The Morgan fingerprint density at radius 2 is 2.07 bits per heavy atom. The van der Waals surface area contributed by atoms with Gasteiger partial charge in [0.05, 0.1) is 17.8 Å². The number of hydrogen-bond acceptors (Lipinski definition) is 9. The topological polar surface area (TPSA) is 188 Å². The Kier molecular flexibility index (Phi) is 9.73. The zero-order valence-corrected chi connectivity index (χ0v) is 25.3. The van der Waals surface area contributed by atoms with Gasteiger partial charge in [0, 0.05) is 26.3 Å². The number of amides is 1. The van der Waals surface area contributed by atoms with E-state index in [1.807, 2.05) is 0 Å². The fourth-order valence-corrected chi connectivity index (χ4v) is 6.61. The fraction of sp³-hybridized carbons (Fsp3) is 0.385. The Balaban J connectivity index is 1.87. The maximum Gasteiger partial charge on any atom is 0.421 e. The normalized spacial score (nSPS) is 23.5. The van der Waals surface area contributed by atoms with Crippen LogP contribution in [0.15, 0.2) is 64.9 Å². The van der Waals surface area contributed by atoms with E-state index in [4.69, 9.17) is 11.6 Å². The van der Waals surface area contributed by atoms with Crippen LogP contribution in [0, 0.1) is 0 Å². The molecule has 0 radical (unpaired) electrons. The number of rotatable bonds is 11. The minimum atomic E-state index is -5.33. The molecule has 1 amide bonds. The van der Waals surface area contributed by atoms with Crippen LogP contribution in [0.3, 0.4) is 0 Å². The smallest absolute Gasteiger partial charge is 0.421 e. The summed E-state index contributed by atoms with van der Waals surface area (Å²) in [5.41, 5.74) is -0.143. The van der Waals surface area contributed by atoms with E-state index in [1.54, 1.807) is 19.2 Å². The number of aliphatic hydroxyl groups excluding tert-OH is 1. The molecule has 3 heterocycles. The van der Waals surface area contributed by atoms with Crippen molar-refractivity contribution in [2.75, 3.05) is 37.4 Å². The number of hydrogen-bond donors (Lipinski definition) is 6. The Morgan fingerprint density at radius 1 is 1.32 bits per heavy atom. The molecule has 18 heteroatoms. The zero-order valence-electron chi connectivity index (χ0n) is 23.7. The molecule has 0 bridgehead atoms. The molecule has 13 nitrogen and oxygen atoms in total. The summed E-state index contributed by atoms with van der Waals surface area (Å²) in [4.78, 5) is 43.7. The summed E-state index contributed by atoms with van der Waals surface area (Å²) >= 11 is 6.26. The molecular weight excluding hydrogens is 628 g/mol. The van der Waals surface area contributed by atoms with Gasteiger partial charge >= 0.3 is 12.1 Å². The van der Waals surface area contributed by atoms with E-state index in [1.165, 1.54) is 31.5 Å². The lowest BCUT2D eigenvalue weighted by Crippen LogP contribution is -2.55. The first-order valence-electron chi connectivity index (χ1n) is 13.4. The first-order chi connectivity index (χ1) is 20.7. The van der Waals surface area contributed by atoms with Crippen molar-refractivity contribution in [3.8, 4) is 0 Å². The van der Waals surface area contributed by atoms with Crippen LogP contribution >= 0.6 is 19.2 Å². The van der Waals surface area contributed by atoms with Crippen LogP contribution in [0.25, 0.3) is 0 Å². The highest BCUT2D eigenvalue weighted by Gasteiger charge is 2.46. The fourth-order valence-electron chi connectivity index (χ4n) is 5.10. The van der Waals surface area contributed by atoms with Gasteiger partial charge in [-0.15, -0.1) is 0 Å². The maximum absolute atomic E-state index is 14.2. The quantitative estimate of drug-likeness (QED) is 0.119. The molecule has 0 saturated carbocycles. The van der Waals surface area contributed by atoms with Gasteiger partial charge in [-0.1, -0.05) is 23.3 Å². The number of aromatic amines is 1. The van der Waals surface area contributed by atoms with Crippen LogP contribution in [0.5, 0.6) is 0 Å². The van der Waals surface area contributed by atoms with E-state index >= 15 is 0 Å². The number of anilines is 2. The lowest BCUT2D eigenvalue weighted by molar-refractivity contribution is -0.198. The van der Waals surface area contributed by atoms with Gasteiger partial charge in [-0.05, 0) is 38.0 Å². The average Bonchev–Trinajstić information content (AvgIpc) is 3.49. The summed E-state index contributed by atoms with van der Waals surface area (Å²) in [6.45, 7) is 2.09. The number of allylic oxidation sites excluding steroid dienone is 3. The molecule has 4 rings (SSSR count). The van der Waals surface area contributed by atoms with Crippen molar-refractivity contribution < 1.29 is 37.4 Å². The third-order valence-electron chi connectivity index (χ3n) is 7.37. The monoisotopic (exact) mass is 658 g/mol. The Hall–Kier alpha value is -3.53. The van der Waals surface area contributed by atoms with Crippen molar-refractivity contribution >= 4 is 42.6 Å². The molecule has 1 aliphatic carbocycles. The number of nitrogens with zero attached hydrogens (tertiary/aromatic N) is 4. The third-order valence-corrected chi connectivity index (χ3v) is 9.43. The highest BCUT2D eigenvalue weighted by atomic mass is 35.5. The maximum atomic E-state index is 14.2. The minimum Gasteiger partial charge on any atom is -0.777 e. The summed E-state index contributed by atoms with van der Waals surface area (Å²) in [6.07, 6.45) is 4.94. The van der Waals surface area contributed by atoms with Crippen molar-refractivity contribution in [3.05, 3.63) is 70.5 Å². The molecule has 0 spiro atoms. The number of alkyl halides is 3. The number of nitrogens with one attached hydrogen (secondary N) is 4. The molecule has 3 unspecified atom stereocenters. The predicted octanol–water partition coefficient (Wildman–Crippen LogP) is 3.06. The molecule has 0 aromatic carbocycles. The molecule has 2 aromatic heterocycles. The number of carbonyl (C=O) groups is 1. The second-order valence-corrected chi connectivity index (χ2v) is 12.4. The van der Waals surface area contributed by atoms with Crippen LogP contribution in [-0.4, -0.2) is 68.1 Å². The van der Waals surface area contributed by atoms with Gasteiger partial charge in [0.2, 0.25) is 11.6 Å². The van der Waals surface area contributed by atoms with Gasteiger partial charge in [-0.2, -0.15) is 23.3 Å². The molecule has 238 valence electrons. The summed E-state index contributed by atoms with van der Waals surface area (Å²) in [7, 11) is -3.95. The summed E-state index contributed by atoms with van der Waals surface area (Å²) in [6, 6.07) is 0. The number of likely N-dealkylation sites (N-methyl/N-ethyl adjacent to an activating group) is 1. The number of H-pyrrole nitrogens is 1. The molecular formula is C26H31ClF3N8O5P. The standard InChI is InChI=1S/C26H31ClF3N8O5P/c1-16-7-8-25(20(27)12-16,44(41,42)43)37-24-32-15-18(26(28,29)30)22(36-24)35-19-6-5-10-38(9-3-4-11-39,17-13-33-34-14-17)21(19)23(40)31-2/h5-7,12-15,39H,3-4,8-11H2,1-2H3,(H5-,31,32,33,34,35,36,37,40,41,42,43). The number of quaternary nitrogens is 1. The van der Waals surface area contributed by atoms with E-state index in [0.717, 1.165) is 0 Å². The molecule has 0 fully saturated rings. The van der Waals surface area contributed by atoms with Gasteiger partial charge in [-0.25, -0.2) is 9.47 Å². The molecule has 3 atom stereocenters. The third kappa shape index (κ3) is 6.46. The van der Waals surface area contributed by atoms with Crippen molar-refractivity contribution in [3.63, 3.8) is 0 Å². The number of halogens is 4. The number of unbranched alkanes of at least 4 members (excludes halogenated alkanes) is 1. The lowest BCUT2D eigenvalue weighted by Gasteiger charge is -2.42. The van der Waals surface area contributed by atoms with Crippen molar-refractivity contribution in [2.45, 2.75) is 37.6 Å². The van der Waals surface area contributed by atoms with E-state index in [9.17, 15) is 37.4 Å². The van der Waals surface area contributed by atoms with Gasteiger partial charge < -0.3 is 35.4 Å². The lowest BCUT2D eigenvalue weighted by atomic mass is 10.0. The predicted molar refractivity (Wildman–Crippen MR) is 156 cm³/mol. The highest BCUT2D eigenvalue weighted by Crippen LogP contribution is 2.56. The van der Waals surface area contributed by atoms with Crippen LogP contribution in [0.1, 0.15) is 31.7 Å². The second-order valence-electron chi connectivity index (χ2n) is 10.2. The molecule has 2 aliphatic rings. The van der Waals surface area contributed by atoms with E-state index in [2.05, 4.69) is 36.1 Å². The Bertz CT molecular complexity index is 1570. The molecule has 44 heavy (non-hydrogen) atoms. The summed E-state index contributed by atoms with van der Waals surface area (Å²) < 4.78 is 55.0. The average molecular weight is 659 g/mol. The van der Waals surface area contributed by atoms with Gasteiger partial charge in [-0.3, -0.25) is 9.89 Å². The van der Waals surface area contributed by atoms with Crippen LogP contribution in [0.4, 0.5) is 30.6 Å². The molecule has 0 saturated heterocycles. The minimum absolute atomic E-state index is 0.0310. The SMILES string of the molecule is CNC(=O)C1=C(Nc2nc(NC3(P(=O)([O-])O)CC=C(C)C=C3Cl)ncc2C(F)(F)F)C=CC[N+]1(CCCCO)c1cn[nH]c1. The Morgan fingerprint density at radius 3 is 2.66 bits per heavy atom. The van der Waals surface area contributed by atoms with E-state index in [-0.39, 0.29) is 47.0 Å². The summed E-state index contributed by atoms with van der Waals surface area (Å²) in [5, 5.41) is 21.0. The van der Waals surface area contributed by atoms with Crippen LogP contribution in [-0.2, 0) is 15.5 Å². The van der Waals surface area contributed by atoms with E-state index < -0.39 is 42.3 Å².